The predicted octanol–water partition coefficient (Wildman–Crippen LogP) is -36.7. The molecule has 0 amide bonds. The van der Waals surface area contributed by atoms with Crippen molar-refractivity contribution in [2.45, 2.75) is 0 Å². The molecule has 0 heterocycles. The van der Waals surface area contributed by atoms with Gasteiger partial charge in [-0.15, -0.1) is 0 Å². The van der Waals surface area contributed by atoms with E-state index in [-0.39, 0.29) is 1430 Å². The third kappa shape index (κ3) is 685. The monoisotopic (exact) mass is 2720 g/mol. The van der Waals surface area contributed by atoms with Crippen LogP contribution in [-0.2, 0) is 512 Å². The van der Waals surface area contributed by atoms with Crippen molar-refractivity contribution in [1.29, 1.82) is 0 Å². The van der Waals surface area contributed by atoms with Crippen LogP contribution in [0.15, 0.2) is 0 Å². The first-order valence-electron chi connectivity index (χ1n) is 0. The van der Waals surface area contributed by atoms with Crippen LogP contribution in [0.2, 0.25) is 0 Å². The van der Waals surface area contributed by atoms with Gasteiger partial charge in [0.15, 0.2) is 0 Å². The maximum absolute atomic E-state index is 0. The number of rotatable bonds is 0. The van der Waals surface area contributed by atoms with Crippen LogP contribution in [0.5, 0.6) is 0 Å². The molecule has 0 unspecified atom stereocenters. The summed E-state index contributed by atoms with van der Waals surface area (Å²) in [4.78, 5) is 0. The fourth-order valence-corrected chi connectivity index (χ4v) is 0. The summed E-state index contributed by atoms with van der Waals surface area (Å²) in [7, 11) is 0. The van der Waals surface area contributed by atoms with Crippen LogP contribution in [0.3, 0.4) is 0 Å². The van der Waals surface area contributed by atoms with Crippen LogP contribution in [0, 0.1) is 0 Å². The molecule has 0 aliphatic carbocycles. The Kier molecular flexibility index (Phi) is 7260. The van der Waals surface area contributed by atoms with Gasteiger partial charge in [-0.25, -0.2) is 0 Å². The van der Waals surface area contributed by atoms with Crippen LogP contribution in [-0.4, -0.2) is 922 Å². The van der Waals surface area contributed by atoms with Crippen LogP contribution < -0.4 is 0 Å². The Labute approximate surface area is 1390 Å². The van der Waals surface area contributed by atoms with Crippen LogP contribution >= 0.6 is 0 Å². The smallest absolute Gasteiger partial charge is 0 e. The van der Waals surface area contributed by atoms with Gasteiger partial charge in [-0.1, -0.05) is 0 Å². The van der Waals surface area contributed by atoms with Crippen LogP contribution in [0.1, 0.15) is 0 Å². The molecule has 0 aromatic rings. The molecule has 400 valence electrons. The normalized spacial score (nSPS) is 0. The molecule has 0 radical (unpaired) electrons. The molecule has 0 rings (SSSR count). The molecule has 0 nitrogen and oxygen atoms in total. The average molecular weight is 2730 g/mol. The van der Waals surface area contributed by atoms with Crippen LogP contribution in [0.25, 0.3) is 0 Å². The summed E-state index contributed by atoms with van der Waals surface area (Å²) in [5.41, 5.74) is 0. The fourth-order valence-electron chi connectivity index (χ4n) is 0. The maximum Gasteiger partial charge on any atom is 0.316 e. The Hall–Kier alpha value is 46.2. The molecule has 0 fully saturated rings. The zero-order valence-corrected chi connectivity index (χ0v) is 43.7. The first-order valence-corrected chi connectivity index (χ1v) is 0. The molecule has 0 aliphatic heterocycles. The van der Waals surface area contributed by atoms with E-state index in [1.165, 1.54) is 0 Å². The van der Waals surface area contributed by atoms with Gasteiger partial charge in [-0.2, -0.15) is 0 Å². The van der Waals surface area contributed by atoms with Gasteiger partial charge in [0.1, 0.15) is 0 Å². The van der Waals surface area contributed by atoms with Crippen molar-refractivity contribution in [1.82, 2.24) is 0 Å². The van der Waals surface area contributed by atoms with E-state index in [1.807, 2.05) is 0 Å². The third-order valence-corrected chi connectivity index (χ3v) is 0. The molecule has 0 spiro atoms. The second-order valence-corrected chi connectivity index (χ2v) is 0. The number of hydrogen-bond acceptors (Lipinski definition) is 0. The first-order chi connectivity index (χ1) is 0. The summed E-state index contributed by atoms with van der Waals surface area (Å²) in [5, 5.41) is 0. The van der Waals surface area contributed by atoms with E-state index in [0.717, 1.165) is 0 Å². The Morgan fingerprint density at radius 1 is 0.0286 bits per heavy atom. The molecule has 0 saturated carbocycles. The van der Waals surface area contributed by atoms with E-state index in [1.54, 1.807) is 0 Å². The van der Waals surface area contributed by atoms with Gasteiger partial charge < -0.3 is 0 Å². The predicted molar refractivity (Wildman–Crippen MR) is 342 cm³/mol. The Balaban J connectivity index is 0. The largest absolute Gasteiger partial charge is 0.316 e. The first kappa shape index (κ1) is 722. The quantitative estimate of drug-likeness (QED) is 0.212. The minimum Gasteiger partial charge on any atom is 0 e. The average Bonchev–Trinajstić information content (AvgIpc) is 0. The summed E-state index contributed by atoms with van der Waals surface area (Å²) in [6.07, 6.45) is 0. The van der Waals surface area contributed by atoms with Crippen molar-refractivity contribution in [3.05, 3.63) is 0 Å². The molecule has 0 bridgehead atoms. The van der Waals surface area contributed by atoms with E-state index >= 15 is 0 Å². The summed E-state index contributed by atoms with van der Waals surface area (Å²) in [5.74, 6) is 0. The third-order valence-electron chi connectivity index (χ3n) is 0. The van der Waals surface area contributed by atoms with E-state index in [9.17, 15) is 0 Å². The van der Waals surface area contributed by atoms with Crippen molar-refractivity contribution >= 4 is 922 Å². The van der Waals surface area contributed by atoms with E-state index in [2.05, 4.69) is 0 Å². The Bertz CT molecular complexity index is 69.0. The van der Waals surface area contributed by atoms with Gasteiger partial charge in [0, 0.05) is 512 Å². The van der Waals surface area contributed by atoms with Gasteiger partial charge in [0.05, 0.1) is 0 Å². The van der Waals surface area contributed by atoms with Gasteiger partial charge in [0.25, 0.3) is 0 Å². The van der Waals surface area contributed by atoms with Crippen molar-refractivity contribution in [3.63, 3.8) is 0 Å². The molecule has 0 aliphatic rings. The van der Waals surface area contributed by atoms with Gasteiger partial charge >= 0.3 is 922 Å². The molecule has 70 heavy (non-hydrogen) atoms. The second-order valence-electron chi connectivity index (χ2n) is 0. The second kappa shape index (κ2) is 703. The van der Waals surface area contributed by atoms with Crippen molar-refractivity contribution in [3.8, 4) is 0 Å². The maximum atomic E-state index is 0. The van der Waals surface area contributed by atoms with Gasteiger partial charge in [-0.3, -0.25) is 0 Å². The van der Waals surface area contributed by atoms with E-state index in [4.69, 9.17) is 0 Å². The van der Waals surface area contributed by atoms with Crippen molar-refractivity contribution in [2.75, 3.05) is 0 Å². The van der Waals surface area contributed by atoms with Gasteiger partial charge in [-0.05, 0) is 0 Å². The molecule has 70 heteroatoms. The minimum atomic E-state index is 0. The molecular weight excluding hydrogens is 2650 g/mol. The summed E-state index contributed by atoms with van der Waals surface area (Å²) in [6.45, 7) is 0. The molecule has 0 saturated heterocycles. The molecule has 0 atom stereocenters. The minimum absolute atomic E-state index is 0. The molecule has 0 aromatic heterocycles. The Morgan fingerprint density at radius 2 is 0.0286 bits per heavy atom. The zero-order valence-electron chi connectivity index (χ0n) is 10.6. The van der Waals surface area contributed by atoms with E-state index < -0.39 is 0 Å². The standard InChI is InChI=1S/30Fe.40Mg.80H. The molecular formula is H80Fe30Mg40. The van der Waals surface area contributed by atoms with Crippen LogP contribution in [0.4, 0.5) is 0 Å². The molecule has 0 aromatic carbocycles. The summed E-state index contributed by atoms with van der Waals surface area (Å²) >= 11 is 0. The Morgan fingerprint density at radius 3 is 0.0286 bits per heavy atom. The SMILES string of the molecule is [Fe].[Fe].[Fe].[Fe].[Fe].[Fe].[Fe].[Fe].[Fe].[Fe].[Fe].[Fe].[Fe].[Fe].[Fe].[Fe].[Fe].[Fe].[Fe].[Fe].[Fe].[Fe].[Fe].[Fe].[Fe].[Fe].[Fe].[Fe].[Fe].[Fe].[MgH2].[MgH2].[MgH2].[MgH2].[MgH2].[MgH2].[MgH2].[MgH2].[MgH2].[MgH2].[MgH2].[MgH2].[MgH2].[MgH2].[MgH2].[MgH2].[MgH2].[MgH2].[MgH2].[MgH2].[MgH2].[MgH2].[MgH2].[MgH2].[MgH2].[MgH2].[MgH2].[MgH2].[MgH2].[MgH2].[MgH2].[MgH2].[MgH2].[MgH2].[MgH2].[MgH2].[MgH2].[MgH2].[MgH2].[MgH2]. The topological polar surface area (TPSA) is 0 Å². The van der Waals surface area contributed by atoms with Gasteiger partial charge in [0.2, 0.25) is 0 Å². The fraction of sp³-hybridized carbons (Fsp3) is 0. The van der Waals surface area contributed by atoms with Crippen molar-refractivity contribution < 1.29 is 512 Å². The summed E-state index contributed by atoms with van der Waals surface area (Å²) in [6, 6.07) is 0. The number of hydrogen-bond donors (Lipinski definition) is 0. The van der Waals surface area contributed by atoms with Crippen molar-refractivity contribution in [2.24, 2.45) is 0 Å². The molecule has 0 N–H and O–H groups in total. The van der Waals surface area contributed by atoms with E-state index in [0.29, 0.717) is 0 Å². The zero-order chi connectivity index (χ0) is 0. The summed E-state index contributed by atoms with van der Waals surface area (Å²) < 4.78 is 0.